The Morgan fingerprint density at radius 1 is 1.43 bits per heavy atom. The molecule has 1 N–H and O–H groups in total. The second kappa shape index (κ2) is 6.97. The average Bonchev–Trinajstić information content (AvgIpc) is 2.96. The summed E-state index contributed by atoms with van der Waals surface area (Å²) < 4.78 is 15.0. The van der Waals surface area contributed by atoms with Crippen molar-refractivity contribution in [1.29, 1.82) is 0 Å². The van der Waals surface area contributed by atoms with Crippen LogP contribution in [-0.2, 0) is 19.9 Å². The molecule has 0 saturated heterocycles. The van der Waals surface area contributed by atoms with Crippen LogP contribution < -0.4 is 4.74 Å². The molecule has 0 spiro atoms. The molecule has 6 nitrogen and oxygen atoms in total. The van der Waals surface area contributed by atoms with E-state index in [4.69, 9.17) is 9.47 Å². The maximum atomic E-state index is 12.3. The molecule has 1 aliphatic rings. The lowest BCUT2D eigenvalue weighted by Gasteiger charge is -2.33. The first-order valence-electron chi connectivity index (χ1n) is 7.78. The van der Waals surface area contributed by atoms with Gasteiger partial charge in [-0.15, -0.1) is 0 Å². The molecule has 0 unspecified atom stereocenters. The minimum absolute atomic E-state index is 0.133. The molecule has 0 atom stereocenters. The Morgan fingerprint density at radius 2 is 2.09 bits per heavy atom. The third-order valence-electron chi connectivity index (χ3n) is 4.06. The first-order valence-corrected chi connectivity index (χ1v) is 8.55. The van der Waals surface area contributed by atoms with Crippen molar-refractivity contribution in [3.63, 3.8) is 0 Å². The maximum Gasteiger partial charge on any atom is 0.315 e. The fourth-order valence-corrected chi connectivity index (χ4v) is 3.20. The van der Waals surface area contributed by atoms with E-state index in [2.05, 4.69) is 4.37 Å². The van der Waals surface area contributed by atoms with Crippen LogP contribution >= 0.6 is 11.5 Å². The molecule has 1 aromatic rings. The molecule has 23 heavy (non-hydrogen) atoms. The van der Waals surface area contributed by atoms with Gasteiger partial charge in [0, 0.05) is 18.9 Å². The highest BCUT2D eigenvalue weighted by molar-refractivity contribution is 7.06. The second-order valence-corrected chi connectivity index (χ2v) is 7.22. The lowest BCUT2D eigenvalue weighted by atomic mass is 9.74. The molecule has 0 bridgehead atoms. The summed E-state index contributed by atoms with van der Waals surface area (Å²) in [4.78, 5) is 24.5. The van der Waals surface area contributed by atoms with Gasteiger partial charge < -0.3 is 14.6 Å². The largest absolute Gasteiger partial charge is 0.476 e. The number of carbonyl (C=O) groups is 2. The Hall–Kier alpha value is -1.47. The quantitative estimate of drug-likeness (QED) is 0.800. The van der Waals surface area contributed by atoms with E-state index in [9.17, 15) is 14.7 Å². The molecule has 7 heteroatoms. The van der Waals surface area contributed by atoms with E-state index >= 15 is 0 Å². The normalized spacial score (nSPS) is 17.8. The number of Topliss-reactive ketones (excluding diaryl/α,β-unsaturated/α-hetero) is 1. The molecular formula is C16H23NO5S. The molecule has 1 fully saturated rings. The zero-order valence-corrected chi connectivity index (χ0v) is 14.6. The number of esters is 1. The number of nitrogens with zero attached hydrogens (tertiary/aromatic N) is 1. The number of carbonyl (C=O) groups excluding carboxylic acids is 2. The number of hydrogen-bond donors (Lipinski definition) is 1. The van der Waals surface area contributed by atoms with Crippen molar-refractivity contribution in [2.24, 2.45) is 5.41 Å². The van der Waals surface area contributed by atoms with Crippen LogP contribution in [0.1, 0.15) is 51.3 Å². The van der Waals surface area contributed by atoms with Crippen molar-refractivity contribution in [1.82, 2.24) is 4.37 Å². The third-order valence-corrected chi connectivity index (χ3v) is 5.15. The fourth-order valence-electron chi connectivity index (χ4n) is 2.53. The van der Waals surface area contributed by atoms with Gasteiger partial charge in [0.15, 0.2) is 0 Å². The number of ether oxygens (including phenoxy) is 2. The minimum Gasteiger partial charge on any atom is -0.476 e. The Balaban J connectivity index is 2.08. The molecule has 0 amide bonds. The van der Waals surface area contributed by atoms with E-state index in [0.717, 1.165) is 0 Å². The summed E-state index contributed by atoms with van der Waals surface area (Å²) in [7, 11) is 0. The van der Waals surface area contributed by atoms with Crippen molar-refractivity contribution in [2.45, 2.75) is 52.1 Å². The number of rotatable bonds is 6. The summed E-state index contributed by atoms with van der Waals surface area (Å²) in [5, 5.41) is 9.96. The van der Waals surface area contributed by atoms with Crippen LogP contribution in [0.25, 0.3) is 0 Å². The summed E-state index contributed by atoms with van der Waals surface area (Å²) >= 11 is 1.17. The maximum absolute atomic E-state index is 12.3. The highest BCUT2D eigenvalue weighted by Crippen LogP contribution is 2.37. The van der Waals surface area contributed by atoms with Gasteiger partial charge in [-0.05, 0) is 45.1 Å². The monoisotopic (exact) mass is 341 g/mol. The summed E-state index contributed by atoms with van der Waals surface area (Å²) in [6.07, 6.45) is 1.61. The van der Waals surface area contributed by atoms with Gasteiger partial charge in [0.2, 0.25) is 5.88 Å². The van der Waals surface area contributed by atoms with Crippen LogP contribution in [0.15, 0.2) is 6.07 Å². The minimum atomic E-state index is -0.977. The molecule has 0 radical (unpaired) electrons. The predicted octanol–water partition coefficient (Wildman–Crippen LogP) is 2.44. The van der Waals surface area contributed by atoms with Gasteiger partial charge in [0.1, 0.15) is 17.8 Å². The number of ketones is 1. The topological polar surface area (TPSA) is 85.7 Å². The Morgan fingerprint density at radius 3 is 2.61 bits per heavy atom. The smallest absolute Gasteiger partial charge is 0.315 e. The molecule has 1 heterocycles. The Kier molecular flexibility index (Phi) is 5.41. The molecular weight excluding hydrogens is 318 g/mol. The Labute approximate surface area is 140 Å². The SMILES string of the molecule is CCOC(=O)C1(COc2cc(C(C)(C)O)sn2)CCC(=O)CC1. The summed E-state index contributed by atoms with van der Waals surface area (Å²) in [5.41, 5.74) is -1.77. The van der Waals surface area contributed by atoms with Gasteiger partial charge in [-0.3, -0.25) is 9.59 Å². The van der Waals surface area contributed by atoms with Crippen LogP contribution in [-0.4, -0.2) is 34.4 Å². The molecule has 1 aromatic heterocycles. The summed E-state index contributed by atoms with van der Waals surface area (Å²) in [6, 6.07) is 1.68. The van der Waals surface area contributed by atoms with Crippen LogP contribution in [0.2, 0.25) is 0 Å². The fraction of sp³-hybridized carbons (Fsp3) is 0.688. The summed E-state index contributed by atoms with van der Waals surface area (Å²) in [6.45, 7) is 5.55. The first kappa shape index (κ1) is 17.9. The zero-order valence-electron chi connectivity index (χ0n) is 13.8. The molecule has 2 rings (SSSR count). The van der Waals surface area contributed by atoms with Gasteiger partial charge in [0.05, 0.1) is 17.1 Å². The van der Waals surface area contributed by atoms with Gasteiger partial charge in [-0.25, -0.2) is 0 Å². The van der Waals surface area contributed by atoms with Crippen LogP contribution in [0, 0.1) is 5.41 Å². The lowest BCUT2D eigenvalue weighted by molar-refractivity contribution is -0.160. The van der Waals surface area contributed by atoms with Gasteiger partial charge >= 0.3 is 5.97 Å². The van der Waals surface area contributed by atoms with Gasteiger partial charge in [-0.1, -0.05) is 0 Å². The molecule has 0 aliphatic heterocycles. The van der Waals surface area contributed by atoms with Crippen molar-refractivity contribution in [3.8, 4) is 5.88 Å². The van der Waals surface area contributed by atoms with E-state index in [1.165, 1.54) is 11.5 Å². The van der Waals surface area contributed by atoms with Crippen molar-refractivity contribution in [2.75, 3.05) is 13.2 Å². The van der Waals surface area contributed by atoms with E-state index in [-0.39, 0.29) is 18.4 Å². The highest BCUT2D eigenvalue weighted by atomic mass is 32.1. The van der Waals surface area contributed by atoms with E-state index in [1.54, 1.807) is 26.8 Å². The third kappa shape index (κ3) is 4.29. The number of aliphatic hydroxyl groups is 1. The number of aromatic nitrogens is 1. The molecule has 128 valence electrons. The van der Waals surface area contributed by atoms with E-state index < -0.39 is 11.0 Å². The zero-order chi connectivity index (χ0) is 17.1. The molecule has 1 aliphatic carbocycles. The summed E-state index contributed by atoms with van der Waals surface area (Å²) in [5.74, 6) is 0.237. The van der Waals surface area contributed by atoms with Crippen LogP contribution in [0.3, 0.4) is 0 Å². The van der Waals surface area contributed by atoms with E-state index in [0.29, 0.717) is 43.0 Å². The second-order valence-electron chi connectivity index (χ2n) is 6.42. The first-order chi connectivity index (χ1) is 10.8. The van der Waals surface area contributed by atoms with Crippen molar-refractivity contribution >= 4 is 23.3 Å². The van der Waals surface area contributed by atoms with Crippen molar-refractivity contribution in [3.05, 3.63) is 10.9 Å². The van der Waals surface area contributed by atoms with E-state index in [1.807, 2.05) is 0 Å². The lowest BCUT2D eigenvalue weighted by Crippen LogP contribution is -2.42. The van der Waals surface area contributed by atoms with Crippen molar-refractivity contribution < 1.29 is 24.2 Å². The average molecular weight is 341 g/mol. The standard InChI is InChI=1S/C16H23NO5S/c1-4-21-14(19)16(7-5-11(18)6-8-16)10-22-13-9-12(23-17-13)15(2,3)20/h9,20H,4-8,10H2,1-3H3. The van der Waals surface area contributed by atoms with Gasteiger partial charge in [0.25, 0.3) is 0 Å². The predicted molar refractivity (Wildman–Crippen MR) is 85.4 cm³/mol. The molecule has 0 aromatic carbocycles. The number of hydrogen-bond acceptors (Lipinski definition) is 7. The highest BCUT2D eigenvalue weighted by Gasteiger charge is 2.44. The molecule has 1 saturated carbocycles. The van der Waals surface area contributed by atoms with Gasteiger partial charge in [-0.2, -0.15) is 4.37 Å². The van der Waals surface area contributed by atoms with Crippen LogP contribution in [0.4, 0.5) is 0 Å². The van der Waals surface area contributed by atoms with Crippen LogP contribution in [0.5, 0.6) is 5.88 Å². The Bertz CT molecular complexity index is 565.